The molecule has 4 aromatic rings. The molecule has 4 heterocycles. The molecule has 0 unspecified atom stereocenters. The fraction of sp³-hybridized carbons (Fsp3) is 0.238. The molecular weight excluding hydrogens is 366 g/mol. The van der Waals surface area contributed by atoms with E-state index in [2.05, 4.69) is 25.2 Å². The highest BCUT2D eigenvalue weighted by atomic mass is 16.5. The largest absolute Gasteiger partial charge is 0.384 e. The van der Waals surface area contributed by atoms with Crippen LogP contribution >= 0.6 is 0 Å². The zero-order chi connectivity index (χ0) is 19.8. The summed E-state index contributed by atoms with van der Waals surface area (Å²) >= 11 is 0. The molecule has 0 bridgehead atoms. The topological polar surface area (TPSA) is 98.9 Å². The van der Waals surface area contributed by atoms with E-state index in [1.807, 2.05) is 54.1 Å². The fourth-order valence-corrected chi connectivity index (χ4v) is 3.86. The summed E-state index contributed by atoms with van der Waals surface area (Å²) in [6.45, 7) is 0.893. The normalized spacial score (nSPS) is 16.4. The molecule has 1 aliphatic heterocycles. The van der Waals surface area contributed by atoms with Gasteiger partial charge in [-0.15, -0.1) is 10.2 Å². The van der Waals surface area contributed by atoms with Gasteiger partial charge in [0.25, 0.3) is 0 Å². The number of pyridine rings is 1. The highest BCUT2D eigenvalue weighted by Crippen LogP contribution is 2.37. The maximum Gasteiger partial charge on any atom is 0.227 e. The highest BCUT2D eigenvalue weighted by Gasteiger charge is 2.32. The lowest BCUT2D eigenvalue weighted by atomic mass is 10.1. The van der Waals surface area contributed by atoms with Crippen LogP contribution in [-0.4, -0.2) is 31.4 Å². The molecular formula is C21H21N7O. The van der Waals surface area contributed by atoms with Gasteiger partial charge in [0.15, 0.2) is 11.6 Å². The van der Waals surface area contributed by atoms with Gasteiger partial charge in [0.1, 0.15) is 11.5 Å². The molecule has 146 valence electrons. The lowest BCUT2D eigenvalue weighted by Crippen LogP contribution is -2.25. The second kappa shape index (κ2) is 7.05. The molecule has 8 heteroatoms. The molecule has 29 heavy (non-hydrogen) atoms. The molecule has 0 spiro atoms. The Kier molecular flexibility index (Phi) is 4.23. The van der Waals surface area contributed by atoms with Crippen LogP contribution in [0, 0.1) is 0 Å². The summed E-state index contributed by atoms with van der Waals surface area (Å²) in [5.74, 6) is 2.82. The zero-order valence-corrected chi connectivity index (χ0v) is 16.1. The first-order valence-corrected chi connectivity index (χ1v) is 9.60. The highest BCUT2D eigenvalue weighted by molar-refractivity contribution is 5.59. The Hall–Kier alpha value is -3.68. The minimum atomic E-state index is 0.108. The Labute approximate surface area is 168 Å². The van der Waals surface area contributed by atoms with Gasteiger partial charge in [-0.25, -0.2) is 4.98 Å². The lowest BCUT2D eigenvalue weighted by Gasteiger charge is -2.23. The van der Waals surface area contributed by atoms with Gasteiger partial charge in [0, 0.05) is 37.0 Å². The number of nitrogens with two attached hydrogens (primary N) is 1. The van der Waals surface area contributed by atoms with E-state index in [1.165, 1.54) is 0 Å². The van der Waals surface area contributed by atoms with Crippen molar-refractivity contribution in [3.8, 4) is 22.7 Å². The second-order valence-electron chi connectivity index (χ2n) is 7.19. The van der Waals surface area contributed by atoms with Gasteiger partial charge in [-0.1, -0.05) is 35.5 Å². The molecule has 1 aromatic carbocycles. The van der Waals surface area contributed by atoms with Crippen molar-refractivity contribution in [3.05, 3.63) is 60.4 Å². The number of hydrogen-bond acceptors (Lipinski definition) is 7. The third kappa shape index (κ3) is 3.12. The van der Waals surface area contributed by atoms with Crippen molar-refractivity contribution in [1.82, 2.24) is 24.9 Å². The van der Waals surface area contributed by atoms with E-state index in [9.17, 15) is 0 Å². The van der Waals surface area contributed by atoms with Crippen molar-refractivity contribution in [2.75, 3.05) is 17.2 Å². The predicted octanol–water partition coefficient (Wildman–Crippen LogP) is 3.46. The van der Waals surface area contributed by atoms with Crippen LogP contribution in [0.1, 0.15) is 24.6 Å². The van der Waals surface area contributed by atoms with E-state index in [4.69, 9.17) is 10.3 Å². The van der Waals surface area contributed by atoms with Crippen LogP contribution in [0.25, 0.3) is 22.7 Å². The van der Waals surface area contributed by atoms with Crippen LogP contribution in [0.4, 0.5) is 11.8 Å². The molecule has 1 aliphatic rings. The van der Waals surface area contributed by atoms with Crippen molar-refractivity contribution < 1.29 is 4.52 Å². The number of hydrogen-bond donors (Lipinski definition) is 1. The SMILES string of the molecule is Cn1c(-c2ccc(N)nc2)nnc1N1CCC[C@@H]1c1cc(-c2ccccc2)on1. The van der Waals surface area contributed by atoms with Crippen molar-refractivity contribution >= 4 is 11.8 Å². The van der Waals surface area contributed by atoms with E-state index in [0.717, 1.165) is 53.7 Å². The fourth-order valence-electron chi connectivity index (χ4n) is 3.86. The zero-order valence-electron chi connectivity index (χ0n) is 16.1. The average Bonchev–Trinajstić information content (AvgIpc) is 3.48. The van der Waals surface area contributed by atoms with Gasteiger partial charge in [0.05, 0.1) is 6.04 Å². The molecule has 2 N–H and O–H groups in total. The van der Waals surface area contributed by atoms with Gasteiger partial charge in [-0.05, 0) is 25.0 Å². The summed E-state index contributed by atoms with van der Waals surface area (Å²) in [7, 11) is 1.97. The Morgan fingerprint density at radius 3 is 2.72 bits per heavy atom. The third-order valence-electron chi connectivity index (χ3n) is 5.33. The minimum absolute atomic E-state index is 0.108. The standard InChI is InChI=1S/C21H21N7O/c1-27-20(15-9-10-19(22)23-13-15)24-25-21(27)28-11-5-8-17(28)16-12-18(29-26-16)14-6-3-2-4-7-14/h2-4,6-7,9-10,12-13,17H,5,8,11H2,1H3,(H2,22,23)/t17-/m1/s1. The number of aromatic nitrogens is 5. The Morgan fingerprint density at radius 1 is 1.07 bits per heavy atom. The molecule has 0 radical (unpaired) electrons. The van der Waals surface area contributed by atoms with Crippen LogP contribution in [0.2, 0.25) is 0 Å². The van der Waals surface area contributed by atoms with Crippen LogP contribution in [0.5, 0.6) is 0 Å². The number of nitrogen functional groups attached to an aromatic ring is 1. The summed E-state index contributed by atoms with van der Waals surface area (Å²) in [4.78, 5) is 6.40. The predicted molar refractivity (Wildman–Crippen MR) is 110 cm³/mol. The van der Waals surface area contributed by atoms with Gasteiger partial charge in [-0.3, -0.25) is 4.57 Å². The first kappa shape index (κ1) is 17.4. The maximum atomic E-state index is 5.70. The molecule has 8 nitrogen and oxygen atoms in total. The molecule has 5 rings (SSSR count). The van der Waals surface area contributed by atoms with E-state index in [-0.39, 0.29) is 6.04 Å². The number of benzene rings is 1. The van der Waals surface area contributed by atoms with Crippen LogP contribution in [0.3, 0.4) is 0 Å². The van der Waals surface area contributed by atoms with Crippen LogP contribution in [0.15, 0.2) is 59.3 Å². The van der Waals surface area contributed by atoms with Crippen LogP contribution < -0.4 is 10.6 Å². The molecule has 0 saturated carbocycles. The first-order valence-electron chi connectivity index (χ1n) is 9.60. The van der Waals surface area contributed by atoms with Crippen molar-refractivity contribution in [3.63, 3.8) is 0 Å². The molecule has 1 atom stereocenters. The first-order chi connectivity index (χ1) is 14.2. The number of nitrogens with zero attached hydrogens (tertiary/aromatic N) is 6. The van der Waals surface area contributed by atoms with Gasteiger partial charge < -0.3 is 15.2 Å². The Bertz CT molecular complexity index is 1120. The summed E-state index contributed by atoms with van der Waals surface area (Å²) in [6.07, 6.45) is 3.77. The minimum Gasteiger partial charge on any atom is -0.384 e. The summed E-state index contributed by atoms with van der Waals surface area (Å²) in [6, 6.07) is 15.8. The molecule has 1 saturated heterocycles. The second-order valence-corrected chi connectivity index (χ2v) is 7.19. The summed E-state index contributed by atoms with van der Waals surface area (Å²) in [5, 5.41) is 13.2. The third-order valence-corrected chi connectivity index (χ3v) is 5.33. The smallest absolute Gasteiger partial charge is 0.227 e. The van der Waals surface area contributed by atoms with Crippen molar-refractivity contribution in [2.45, 2.75) is 18.9 Å². The Morgan fingerprint density at radius 2 is 1.93 bits per heavy atom. The van der Waals surface area contributed by atoms with E-state index >= 15 is 0 Å². The monoisotopic (exact) mass is 387 g/mol. The molecule has 3 aromatic heterocycles. The van der Waals surface area contributed by atoms with Crippen molar-refractivity contribution in [2.24, 2.45) is 7.05 Å². The molecule has 0 amide bonds. The van der Waals surface area contributed by atoms with Gasteiger partial charge in [-0.2, -0.15) is 0 Å². The quantitative estimate of drug-likeness (QED) is 0.572. The van der Waals surface area contributed by atoms with E-state index in [1.54, 1.807) is 12.3 Å². The summed E-state index contributed by atoms with van der Waals surface area (Å²) < 4.78 is 7.61. The average molecular weight is 387 g/mol. The van der Waals surface area contributed by atoms with Gasteiger partial charge in [0.2, 0.25) is 5.95 Å². The number of anilines is 2. The maximum absolute atomic E-state index is 5.70. The molecule has 0 aliphatic carbocycles. The van der Waals surface area contributed by atoms with Gasteiger partial charge >= 0.3 is 0 Å². The van der Waals surface area contributed by atoms with E-state index < -0.39 is 0 Å². The van der Waals surface area contributed by atoms with Crippen molar-refractivity contribution in [1.29, 1.82) is 0 Å². The van der Waals surface area contributed by atoms with Crippen LogP contribution in [-0.2, 0) is 7.05 Å². The Balaban J connectivity index is 1.45. The summed E-state index contributed by atoms with van der Waals surface area (Å²) in [5.41, 5.74) is 8.51. The molecule has 1 fully saturated rings. The number of rotatable bonds is 4. The lowest BCUT2D eigenvalue weighted by molar-refractivity contribution is 0.416. The van der Waals surface area contributed by atoms with E-state index in [0.29, 0.717) is 5.82 Å².